The van der Waals surface area contributed by atoms with Crippen LogP contribution in [0.5, 0.6) is 0 Å². The summed E-state index contributed by atoms with van der Waals surface area (Å²) >= 11 is 0. The van der Waals surface area contributed by atoms with Crippen LogP contribution in [-0.4, -0.2) is 37.2 Å². The molecule has 308 valence electrons. The van der Waals surface area contributed by atoms with Crippen molar-refractivity contribution in [2.45, 2.75) is 232 Å². The summed E-state index contributed by atoms with van der Waals surface area (Å²) in [4.78, 5) is 37.6. The Morgan fingerprint density at radius 2 is 0.736 bits per heavy atom. The number of carbonyl (C=O) groups excluding carboxylic acids is 3. The van der Waals surface area contributed by atoms with Crippen LogP contribution in [0.2, 0.25) is 0 Å². The van der Waals surface area contributed by atoms with Gasteiger partial charge in [-0.25, -0.2) is 0 Å². The summed E-state index contributed by atoms with van der Waals surface area (Å²) in [5.74, 6) is -0.915. The molecule has 0 bridgehead atoms. The highest BCUT2D eigenvalue weighted by Crippen LogP contribution is 2.15. The molecule has 0 aromatic rings. The molecule has 1 atom stereocenters. The number of esters is 3. The third-order valence-corrected chi connectivity index (χ3v) is 9.66. The van der Waals surface area contributed by atoms with E-state index < -0.39 is 6.10 Å². The predicted molar refractivity (Wildman–Crippen MR) is 224 cm³/mol. The van der Waals surface area contributed by atoms with Gasteiger partial charge in [0.05, 0.1) is 0 Å². The van der Waals surface area contributed by atoms with Crippen molar-refractivity contribution in [3.63, 3.8) is 0 Å². The SMILES string of the molecule is CC/C=C\C/C=C\C/C=C\CCCCCC(=O)OC(COC(=O)CCCCCCCCC)COC(=O)CCCCCCCCCCCCCCCCC. The van der Waals surface area contributed by atoms with Crippen LogP contribution >= 0.6 is 0 Å². The molecule has 0 aliphatic rings. The summed E-state index contributed by atoms with van der Waals surface area (Å²) in [7, 11) is 0. The van der Waals surface area contributed by atoms with Crippen LogP contribution in [0.3, 0.4) is 0 Å². The Balaban J connectivity index is 4.32. The minimum absolute atomic E-state index is 0.0812. The van der Waals surface area contributed by atoms with E-state index in [-0.39, 0.29) is 31.1 Å². The molecule has 53 heavy (non-hydrogen) atoms. The zero-order valence-corrected chi connectivity index (χ0v) is 35.0. The lowest BCUT2D eigenvalue weighted by Gasteiger charge is -2.18. The molecule has 6 nitrogen and oxygen atoms in total. The maximum Gasteiger partial charge on any atom is 0.306 e. The molecule has 1 unspecified atom stereocenters. The molecule has 0 rings (SSSR count). The molecule has 0 aliphatic heterocycles. The Kier molecular flexibility index (Phi) is 40.5. The van der Waals surface area contributed by atoms with Crippen molar-refractivity contribution in [3.05, 3.63) is 36.5 Å². The van der Waals surface area contributed by atoms with Crippen molar-refractivity contribution in [2.24, 2.45) is 0 Å². The summed E-state index contributed by atoms with van der Waals surface area (Å²) in [6.07, 6.45) is 47.1. The lowest BCUT2D eigenvalue weighted by atomic mass is 10.0. The van der Waals surface area contributed by atoms with Crippen LogP contribution < -0.4 is 0 Å². The third-order valence-electron chi connectivity index (χ3n) is 9.66. The van der Waals surface area contributed by atoms with E-state index in [1.54, 1.807) is 0 Å². The van der Waals surface area contributed by atoms with Crippen LogP contribution in [0, 0.1) is 0 Å². The van der Waals surface area contributed by atoms with Crippen molar-refractivity contribution < 1.29 is 28.6 Å². The summed E-state index contributed by atoms with van der Waals surface area (Å²) in [5, 5.41) is 0. The van der Waals surface area contributed by atoms with Gasteiger partial charge in [0.15, 0.2) is 6.10 Å². The number of unbranched alkanes of at least 4 members (excludes halogenated alkanes) is 23. The Hall–Kier alpha value is -2.37. The second kappa shape index (κ2) is 42.4. The molecule has 0 amide bonds. The summed E-state index contributed by atoms with van der Waals surface area (Å²) in [6, 6.07) is 0. The van der Waals surface area contributed by atoms with Crippen LogP contribution in [0.4, 0.5) is 0 Å². The second-order valence-corrected chi connectivity index (χ2v) is 14.9. The summed E-state index contributed by atoms with van der Waals surface area (Å²) < 4.78 is 16.6. The average molecular weight is 745 g/mol. The Morgan fingerprint density at radius 1 is 0.396 bits per heavy atom. The van der Waals surface area contributed by atoms with Gasteiger partial charge in [0.25, 0.3) is 0 Å². The van der Waals surface area contributed by atoms with Crippen LogP contribution in [-0.2, 0) is 28.6 Å². The molecule has 0 aromatic heterocycles. The fourth-order valence-corrected chi connectivity index (χ4v) is 6.28. The first kappa shape index (κ1) is 50.6. The standard InChI is InChI=1S/C47H84O6/c1-4-7-10-13-16-18-20-22-23-25-26-28-31-34-37-40-46(49)52-43-44(42-51-45(48)39-36-33-30-15-12-9-6-3)53-47(50)41-38-35-32-29-27-24-21-19-17-14-11-8-5-2/h8,11,17,19,24,27,44H,4-7,9-10,12-16,18,20-23,25-26,28-43H2,1-3H3/b11-8-,19-17-,27-24-. The smallest absolute Gasteiger partial charge is 0.306 e. The van der Waals surface area contributed by atoms with E-state index in [0.29, 0.717) is 19.3 Å². The minimum Gasteiger partial charge on any atom is -0.462 e. The van der Waals surface area contributed by atoms with Gasteiger partial charge in [-0.2, -0.15) is 0 Å². The number of hydrogen-bond acceptors (Lipinski definition) is 6. The molecule has 0 N–H and O–H groups in total. The maximum atomic E-state index is 12.7. The maximum absolute atomic E-state index is 12.7. The summed E-state index contributed by atoms with van der Waals surface area (Å²) in [6.45, 7) is 6.45. The van der Waals surface area contributed by atoms with E-state index >= 15 is 0 Å². The molecule has 0 saturated carbocycles. The van der Waals surface area contributed by atoms with Crippen LogP contribution in [0.15, 0.2) is 36.5 Å². The van der Waals surface area contributed by atoms with Gasteiger partial charge in [0, 0.05) is 19.3 Å². The normalized spacial score (nSPS) is 12.3. The van der Waals surface area contributed by atoms with Crippen molar-refractivity contribution in [3.8, 4) is 0 Å². The Labute approximate surface area is 327 Å². The first-order valence-corrected chi connectivity index (χ1v) is 22.5. The van der Waals surface area contributed by atoms with Gasteiger partial charge in [0.1, 0.15) is 13.2 Å². The van der Waals surface area contributed by atoms with Crippen molar-refractivity contribution in [1.82, 2.24) is 0 Å². The highest BCUT2D eigenvalue weighted by atomic mass is 16.6. The molecule has 0 spiro atoms. The molecule has 0 heterocycles. The van der Waals surface area contributed by atoms with Gasteiger partial charge < -0.3 is 14.2 Å². The van der Waals surface area contributed by atoms with Gasteiger partial charge in [-0.1, -0.05) is 192 Å². The molecule has 0 fully saturated rings. The highest BCUT2D eigenvalue weighted by Gasteiger charge is 2.19. The van der Waals surface area contributed by atoms with Gasteiger partial charge in [-0.15, -0.1) is 0 Å². The predicted octanol–water partition coefficient (Wildman–Crippen LogP) is 14.2. The third kappa shape index (κ3) is 40.6. The molecule has 0 radical (unpaired) electrons. The van der Waals surface area contributed by atoms with Gasteiger partial charge >= 0.3 is 17.9 Å². The van der Waals surface area contributed by atoms with E-state index in [2.05, 4.69) is 57.2 Å². The van der Waals surface area contributed by atoms with E-state index in [4.69, 9.17) is 14.2 Å². The van der Waals surface area contributed by atoms with Crippen LogP contribution in [0.25, 0.3) is 0 Å². The van der Waals surface area contributed by atoms with Gasteiger partial charge in [-0.05, 0) is 51.4 Å². The van der Waals surface area contributed by atoms with E-state index in [0.717, 1.165) is 83.5 Å². The van der Waals surface area contributed by atoms with Crippen molar-refractivity contribution in [2.75, 3.05) is 13.2 Å². The fourth-order valence-electron chi connectivity index (χ4n) is 6.28. The van der Waals surface area contributed by atoms with Crippen molar-refractivity contribution in [1.29, 1.82) is 0 Å². The second-order valence-electron chi connectivity index (χ2n) is 14.9. The lowest BCUT2D eigenvalue weighted by molar-refractivity contribution is -0.167. The Bertz CT molecular complexity index is 907. The first-order chi connectivity index (χ1) is 26.0. The van der Waals surface area contributed by atoms with E-state index in [1.807, 2.05) is 0 Å². The van der Waals surface area contributed by atoms with Crippen LogP contribution in [0.1, 0.15) is 226 Å². The number of rotatable bonds is 40. The topological polar surface area (TPSA) is 78.9 Å². The number of allylic oxidation sites excluding steroid dienone is 6. The van der Waals surface area contributed by atoms with E-state index in [1.165, 1.54) is 103 Å². The number of carbonyl (C=O) groups is 3. The minimum atomic E-state index is -0.779. The first-order valence-electron chi connectivity index (χ1n) is 22.5. The highest BCUT2D eigenvalue weighted by molar-refractivity contribution is 5.71. The zero-order valence-electron chi connectivity index (χ0n) is 35.0. The molecular weight excluding hydrogens is 661 g/mol. The molecule has 0 saturated heterocycles. The average Bonchev–Trinajstić information content (AvgIpc) is 3.15. The van der Waals surface area contributed by atoms with Gasteiger partial charge in [0.2, 0.25) is 0 Å². The number of ether oxygens (including phenoxy) is 3. The zero-order chi connectivity index (χ0) is 38.7. The quantitative estimate of drug-likeness (QED) is 0.0269. The lowest BCUT2D eigenvalue weighted by Crippen LogP contribution is -2.30. The van der Waals surface area contributed by atoms with E-state index in [9.17, 15) is 14.4 Å². The van der Waals surface area contributed by atoms with Crippen molar-refractivity contribution >= 4 is 17.9 Å². The number of hydrogen-bond donors (Lipinski definition) is 0. The molecular formula is C47H84O6. The van der Waals surface area contributed by atoms with Gasteiger partial charge in [-0.3, -0.25) is 14.4 Å². The molecule has 6 heteroatoms. The summed E-state index contributed by atoms with van der Waals surface area (Å²) in [5.41, 5.74) is 0. The largest absolute Gasteiger partial charge is 0.462 e. The molecule has 0 aliphatic carbocycles. The fraction of sp³-hybridized carbons (Fsp3) is 0.809. The monoisotopic (exact) mass is 745 g/mol. The molecule has 0 aromatic carbocycles. The Morgan fingerprint density at radius 3 is 1.15 bits per heavy atom.